The van der Waals surface area contributed by atoms with Gasteiger partial charge in [0.1, 0.15) is 24.2 Å². The van der Waals surface area contributed by atoms with Gasteiger partial charge in [0, 0.05) is 61.3 Å². The molecule has 3 N–H and O–H groups in total. The average molecular weight is 668 g/mol. The van der Waals surface area contributed by atoms with Gasteiger partial charge in [-0.1, -0.05) is 23.7 Å². The van der Waals surface area contributed by atoms with E-state index in [1.807, 2.05) is 30.3 Å². The second-order valence-electron chi connectivity index (χ2n) is 11.6. The van der Waals surface area contributed by atoms with Crippen molar-refractivity contribution < 1.29 is 19.0 Å². The Bertz CT molecular complexity index is 1790. The highest BCUT2D eigenvalue weighted by Crippen LogP contribution is 2.37. The summed E-state index contributed by atoms with van der Waals surface area (Å²) in [6.45, 7) is 5.88. The summed E-state index contributed by atoms with van der Waals surface area (Å²) in [5.41, 5.74) is 3.38. The van der Waals surface area contributed by atoms with E-state index < -0.39 is 0 Å². The van der Waals surface area contributed by atoms with Crippen LogP contribution in [0.1, 0.15) is 30.5 Å². The van der Waals surface area contributed by atoms with Crippen LogP contribution in [0.2, 0.25) is 5.02 Å². The zero-order valence-corrected chi connectivity index (χ0v) is 27.3. The van der Waals surface area contributed by atoms with Crippen LogP contribution in [-0.4, -0.2) is 72.8 Å². The van der Waals surface area contributed by atoms with Crippen LogP contribution in [0.15, 0.2) is 73.1 Å². The smallest absolute Gasteiger partial charge is 0.248 e. The van der Waals surface area contributed by atoms with Crippen molar-refractivity contribution in [1.29, 1.82) is 5.26 Å². The summed E-state index contributed by atoms with van der Waals surface area (Å²) in [7, 11) is 0. The van der Waals surface area contributed by atoms with Crippen molar-refractivity contribution in [3.63, 3.8) is 0 Å². The molecule has 1 amide bonds. The maximum atomic E-state index is 13.1. The first-order valence-electron chi connectivity index (χ1n) is 16.2. The SMILES string of the molecule is N#Cc1cnc2cc(OCCCN3CCOCC3)c(NC(=O)/C=C/C3CCCN3)cc2c1Nc1ccc(OCc2ccccn2)c(Cl)c1. The summed E-state index contributed by atoms with van der Waals surface area (Å²) in [6.07, 6.45) is 9.57. The number of benzene rings is 2. The van der Waals surface area contributed by atoms with Crippen molar-refractivity contribution in [3.8, 4) is 17.6 Å². The Kier molecular flexibility index (Phi) is 11.3. The van der Waals surface area contributed by atoms with Gasteiger partial charge in [0.05, 0.1) is 53.0 Å². The molecule has 4 heterocycles. The lowest BCUT2D eigenvalue weighted by Gasteiger charge is -2.26. The van der Waals surface area contributed by atoms with E-state index >= 15 is 0 Å². The number of aromatic nitrogens is 2. The number of anilines is 3. The lowest BCUT2D eigenvalue weighted by atomic mass is 10.1. The number of hydrogen-bond donors (Lipinski definition) is 3. The molecular weight excluding hydrogens is 630 g/mol. The lowest BCUT2D eigenvalue weighted by molar-refractivity contribution is -0.111. The maximum Gasteiger partial charge on any atom is 0.248 e. The largest absolute Gasteiger partial charge is 0.491 e. The number of nitrogens with zero attached hydrogens (tertiary/aromatic N) is 4. The molecule has 2 saturated heterocycles. The van der Waals surface area contributed by atoms with Crippen LogP contribution in [0.25, 0.3) is 10.9 Å². The summed E-state index contributed by atoms with van der Waals surface area (Å²) in [6, 6.07) is 17.0. The van der Waals surface area contributed by atoms with Gasteiger partial charge in [-0.05, 0) is 62.2 Å². The normalized spacial score (nSPS) is 16.5. The highest BCUT2D eigenvalue weighted by atomic mass is 35.5. The second-order valence-corrected chi connectivity index (χ2v) is 12.0. The number of amides is 1. The summed E-state index contributed by atoms with van der Waals surface area (Å²) in [5, 5.41) is 20.8. The number of halogens is 1. The van der Waals surface area contributed by atoms with Crippen LogP contribution in [0.3, 0.4) is 0 Å². The molecule has 48 heavy (non-hydrogen) atoms. The van der Waals surface area contributed by atoms with Crippen molar-refractivity contribution in [1.82, 2.24) is 20.2 Å². The molecule has 4 aromatic rings. The minimum atomic E-state index is -0.270. The van der Waals surface area contributed by atoms with Crippen LogP contribution in [0.4, 0.5) is 17.1 Å². The molecule has 2 aromatic heterocycles. The number of rotatable bonds is 13. The van der Waals surface area contributed by atoms with Crippen LogP contribution in [0, 0.1) is 11.3 Å². The standard InChI is InChI=1S/C36H38ClN7O4/c37-30-19-27(7-9-33(30)48-24-28-5-1-2-11-40-28)42-36-25(22-38)23-41-31-21-34(47-16-4-13-44-14-17-46-18-15-44)32(20-29(31)36)43-35(45)10-8-26-6-3-12-39-26/h1-2,5,7-11,19-21,23,26,39H,3-4,6,12-18,24H2,(H,41,42)(H,43,45)/b10-8+. The minimum absolute atomic E-state index is 0.181. The van der Waals surface area contributed by atoms with Gasteiger partial charge < -0.3 is 30.2 Å². The van der Waals surface area contributed by atoms with Crippen molar-refractivity contribution in [2.45, 2.75) is 31.9 Å². The van der Waals surface area contributed by atoms with E-state index in [0.29, 0.717) is 56.7 Å². The fourth-order valence-electron chi connectivity index (χ4n) is 5.68. The quantitative estimate of drug-likeness (QED) is 0.118. The van der Waals surface area contributed by atoms with Gasteiger partial charge in [0.2, 0.25) is 5.91 Å². The Labute approximate surface area is 284 Å². The Morgan fingerprint density at radius 1 is 1.15 bits per heavy atom. The number of nitrogens with one attached hydrogen (secondary N) is 3. The molecule has 2 fully saturated rings. The van der Waals surface area contributed by atoms with Crippen LogP contribution in [0.5, 0.6) is 11.5 Å². The summed E-state index contributed by atoms with van der Waals surface area (Å²) >= 11 is 6.60. The van der Waals surface area contributed by atoms with Gasteiger partial charge in [0.25, 0.3) is 0 Å². The monoisotopic (exact) mass is 667 g/mol. The van der Waals surface area contributed by atoms with E-state index in [-0.39, 0.29) is 18.6 Å². The molecule has 0 saturated carbocycles. The zero-order valence-electron chi connectivity index (χ0n) is 26.6. The molecule has 1 unspecified atom stereocenters. The number of ether oxygens (including phenoxy) is 3. The summed E-state index contributed by atoms with van der Waals surface area (Å²) < 4.78 is 17.6. The molecule has 248 valence electrons. The van der Waals surface area contributed by atoms with Gasteiger partial charge >= 0.3 is 0 Å². The van der Waals surface area contributed by atoms with Gasteiger partial charge in [-0.2, -0.15) is 5.26 Å². The van der Waals surface area contributed by atoms with Crippen LogP contribution in [-0.2, 0) is 16.1 Å². The van der Waals surface area contributed by atoms with Gasteiger partial charge in [-0.15, -0.1) is 0 Å². The number of nitriles is 1. The van der Waals surface area contributed by atoms with E-state index in [1.54, 1.807) is 36.5 Å². The second kappa shape index (κ2) is 16.4. The molecule has 2 aromatic carbocycles. The predicted octanol–water partition coefficient (Wildman–Crippen LogP) is 5.83. The summed E-state index contributed by atoms with van der Waals surface area (Å²) in [4.78, 5) is 24.3. The Morgan fingerprint density at radius 3 is 2.81 bits per heavy atom. The number of morpholine rings is 1. The molecule has 2 aliphatic heterocycles. The average Bonchev–Trinajstić information content (AvgIpc) is 3.64. The highest BCUT2D eigenvalue weighted by molar-refractivity contribution is 6.32. The van der Waals surface area contributed by atoms with E-state index in [0.717, 1.165) is 64.3 Å². The lowest BCUT2D eigenvalue weighted by Crippen LogP contribution is -2.37. The molecule has 12 heteroatoms. The maximum absolute atomic E-state index is 13.1. The molecule has 2 aliphatic rings. The Morgan fingerprint density at radius 2 is 2.04 bits per heavy atom. The first-order chi connectivity index (χ1) is 23.6. The topological polar surface area (TPSA) is 134 Å². The van der Waals surface area contributed by atoms with Crippen LogP contribution < -0.4 is 25.4 Å². The number of pyridine rings is 2. The molecule has 0 spiro atoms. The predicted molar refractivity (Wildman–Crippen MR) is 186 cm³/mol. The highest BCUT2D eigenvalue weighted by Gasteiger charge is 2.17. The van der Waals surface area contributed by atoms with E-state index in [9.17, 15) is 10.1 Å². The molecule has 0 radical (unpaired) electrons. The van der Waals surface area contributed by atoms with E-state index in [4.69, 9.17) is 25.8 Å². The third-order valence-corrected chi connectivity index (χ3v) is 8.50. The first-order valence-corrected chi connectivity index (χ1v) is 16.5. The first kappa shape index (κ1) is 33.2. The van der Waals surface area contributed by atoms with Gasteiger partial charge in [-0.25, -0.2) is 0 Å². The van der Waals surface area contributed by atoms with Gasteiger partial charge in [-0.3, -0.25) is 19.7 Å². The zero-order chi connectivity index (χ0) is 33.1. The molecule has 0 bridgehead atoms. The third kappa shape index (κ3) is 8.79. The fourth-order valence-corrected chi connectivity index (χ4v) is 5.92. The molecule has 11 nitrogen and oxygen atoms in total. The molecule has 6 rings (SSSR count). The van der Waals surface area contributed by atoms with Crippen molar-refractivity contribution in [2.75, 3.05) is 56.6 Å². The fraction of sp³-hybridized carbons (Fsp3) is 0.333. The Balaban J connectivity index is 1.24. The molecule has 0 aliphatic carbocycles. The number of hydrogen-bond acceptors (Lipinski definition) is 10. The molecule has 1 atom stereocenters. The van der Waals surface area contributed by atoms with E-state index in [2.05, 4.69) is 36.9 Å². The van der Waals surface area contributed by atoms with Crippen molar-refractivity contribution in [2.24, 2.45) is 0 Å². The molecular formula is C36H38ClN7O4. The van der Waals surface area contributed by atoms with Crippen molar-refractivity contribution in [3.05, 3.63) is 89.4 Å². The van der Waals surface area contributed by atoms with Crippen LogP contribution >= 0.6 is 11.6 Å². The minimum Gasteiger partial charge on any atom is -0.491 e. The number of fused-ring (bicyclic) bond motifs is 1. The third-order valence-electron chi connectivity index (χ3n) is 8.21. The summed E-state index contributed by atoms with van der Waals surface area (Å²) in [5.74, 6) is 0.744. The van der Waals surface area contributed by atoms with Gasteiger partial charge in [0.15, 0.2) is 0 Å². The number of carbonyl (C=O) groups excluding carboxylic acids is 1. The van der Waals surface area contributed by atoms with Crippen molar-refractivity contribution >= 4 is 45.5 Å². The Hall–Kier alpha value is -4.73. The van der Waals surface area contributed by atoms with E-state index in [1.165, 1.54) is 6.20 Å². The number of carbonyl (C=O) groups is 1.